The van der Waals surface area contributed by atoms with Crippen LogP contribution in [0.5, 0.6) is 0 Å². The van der Waals surface area contributed by atoms with Crippen molar-refractivity contribution in [2.45, 2.75) is 25.9 Å². The maximum atomic E-state index is 10.7. The molecule has 0 aromatic heterocycles. The van der Waals surface area contributed by atoms with E-state index < -0.39 is 5.97 Å². The second-order valence-electron chi connectivity index (χ2n) is 2.96. The van der Waals surface area contributed by atoms with Crippen LogP contribution in [0.1, 0.15) is 13.8 Å². The van der Waals surface area contributed by atoms with Gasteiger partial charge < -0.3 is 5.11 Å². The van der Waals surface area contributed by atoms with Gasteiger partial charge >= 0.3 is 5.97 Å². The van der Waals surface area contributed by atoms with E-state index in [0.717, 1.165) is 11.6 Å². The van der Waals surface area contributed by atoms with Gasteiger partial charge in [-0.05, 0) is 13.8 Å². The van der Waals surface area contributed by atoms with Crippen LogP contribution >= 0.6 is 11.8 Å². The minimum Gasteiger partial charge on any atom is -0.480 e. The molecular weight excluding hydrogens is 162 g/mol. The largest absolute Gasteiger partial charge is 0.480 e. The standard InChI is InChI=1S/C7H13NO2S/c1-5(2)8-4-11-3-6(8)7(9)10/h5-6H,3-4H2,1-2H3,(H,9,10). The molecule has 1 N–H and O–H groups in total. The normalized spacial score (nSPS) is 26.3. The number of carboxylic acids is 1. The molecule has 3 nitrogen and oxygen atoms in total. The third-order valence-corrected chi connectivity index (χ3v) is 2.90. The van der Waals surface area contributed by atoms with Gasteiger partial charge in [0.1, 0.15) is 6.04 Å². The van der Waals surface area contributed by atoms with Gasteiger partial charge in [0.2, 0.25) is 0 Å². The molecule has 0 amide bonds. The molecule has 1 unspecified atom stereocenters. The zero-order valence-corrected chi connectivity index (χ0v) is 7.60. The van der Waals surface area contributed by atoms with Crippen LogP contribution in [0.2, 0.25) is 0 Å². The molecule has 0 saturated carbocycles. The molecule has 0 aromatic carbocycles. The van der Waals surface area contributed by atoms with Gasteiger partial charge in [0.05, 0.1) is 0 Å². The highest BCUT2D eigenvalue weighted by Gasteiger charge is 2.32. The first-order valence-electron chi connectivity index (χ1n) is 3.69. The van der Waals surface area contributed by atoms with E-state index in [-0.39, 0.29) is 6.04 Å². The van der Waals surface area contributed by atoms with Crippen LogP contribution < -0.4 is 0 Å². The number of hydrogen-bond donors (Lipinski definition) is 1. The Labute approximate surface area is 70.8 Å². The Hall–Kier alpha value is -0.220. The molecule has 0 aliphatic carbocycles. The van der Waals surface area contributed by atoms with E-state index in [1.54, 1.807) is 11.8 Å². The highest BCUT2D eigenvalue weighted by Crippen LogP contribution is 2.22. The first-order chi connectivity index (χ1) is 5.13. The number of hydrogen-bond acceptors (Lipinski definition) is 3. The predicted octanol–water partition coefficient (Wildman–Crippen LogP) is 0.854. The maximum absolute atomic E-state index is 10.7. The molecule has 1 rings (SSSR count). The summed E-state index contributed by atoms with van der Waals surface area (Å²) in [7, 11) is 0. The van der Waals surface area contributed by atoms with Gasteiger partial charge in [-0.2, -0.15) is 0 Å². The lowest BCUT2D eigenvalue weighted by atomic mass is 10.2. The highest BCUT2D eigenvalue weighted by atomic mass is 32.2. The van der Waals surface area contributed by atoms with Crippen molar-refractivity contribution in [2.75, 3.05) is 11.6 Å². The van der Waals surface area contributed by atoms with E-state index in [1.165, 1.54) is 0 Å². The smallest absolute Gasteiger partial charge is 0.321 e. The summed E-state index contributed by atoms with van der Waals surface area (Å²) in [6.45, 7) is 4.06. The molecule has 0 aromatic rings. The molecule has 11 heavy (non-hydrogen) atoms. The molecule has 1 saturated heterocycles. The van der Waals surface area contributed by atoms with Crippen LogP contribution in [0.25, 0.3) is 0 Å². The summed E-state index contributed by atoms with van der Waals surface area (Å²) in [5.41, 5.74) is 0. The maximum Gasteiger partial charge on any atom is 0.321 e. The summed E-state index contributed by atoms with van der Waals surface area (Å²) in [6, 6.07) is 0.0751. The average Bonchev–Trinajstić information content (AvgIpc) is 2.32. The number of rotatable bonds is 2. The fourth-order valence-corrected chi connectivity index (χ4v) is 2.53. The minimum atomic E-state index is -0.691. The molecule has 64 valence electrons. The van der Waals surface area contributed by atoms with E-state index in [4.69, 9.17) is 5.11 Å². The van der Waals surface area contributed by atoms with Gasteiger partial charge in [-0.15, -0.1) is 11.8 Å². The van der Waals surface area contributed by atoms with Gasteiger partial charge in [0, 0.05) is 17.7 Å². The Morgan fingerprint density at radius 3 is 2.73 bits per heavy atom. The minimum absolute atomic E-state index is 0.264. The summed E-state index contributed by atoms with van der Waals surface area (Å²) in [6.07, 6.45) is 0. The Morgan fingerprint density at radius 2 is 2.36 bits per heavy atom. The summed E-state index contributed by atoms with van der Waals surface area (Å²) < 4.78 is 0. The molecule has 1 aliphatic rings. The van der Waals surface area contributed by atoms with Crippen molar-refractivity contribution in [3.63, 3.8) is 0 Å². The Bertz CT molecular complexity index is 161. The van der Waals surface area contributed by atoms with Crippen LogP contribution in [-0.2, 0) is 4.79 Å². The van der Waals surface area contributed by atoms with Crippen molar-refractivity contribution < 1.29 is 9.90 Å². The number of thioether (sulfide) groups is 1. The SMILES string of the molecule is CC(C)N1CSCC1C(=O)O. The van der Waals surface area contributed by atoms with E-state index in [9.17, 15) is 4.79 Å². The van der Waals surface area contributed by atoms with Crippen molar-refractivity contribution in [1.82, 2.24) is 4.90 Å². The van der Waals surface area contributed by atoms with Crippen molar-refractivity contribution in [1.29, 1.82) is 0 Å². The fourth-order valence-electron chi connectivity index (χ4n) is 1.18. The lowest BCUT2D eigenvalue weighted by molar-refractivity contribution is -0.142. The third-order valence-electron chi connectivity index (χ3n) is 1.86. The molecule has 1 aliphatic heterocycles. The van der Waals surface area contributed by atoms with E-state index in [1.807, 2.05) is 18.7 Å². The van der Waals surface area contributed by atoms with Crippen LogP contribution in [-0.4, -0.2) is 39.7 Å². The molecule has 0 spiro atoms. The van der Waals surface area contributed by atoms with E-state index in [0.29, 0.717) is 6.04 Å². The third kappa shape index (κ3) is 1.87. The molecule has 1 heterocycles. The number of carboxylic acid groups (broad SMARTS) is 1. The summed E-state index contributed by atoms with van der Waals surface area (Å²) >= 11 is 1.69. The first-order valence-corrected chi connectivity index (χ1v) is 4.84. The zero-order chi connectivity index (χ0) is 8.43. The monoisotopic (exact) mass is 175 g/mol. The lowest BCUT2D eigenvalue weighted by Crippen LogP contribution is -2.41. The number of aliphatic carboxylic acids is 1. The number of nitrogens with zero attached hydrogens (tertiary/aromatic N) is 1. The quantitative estimate of drug-likeness (QED) is 0.675. The Kier molecular flexibility index (Phi) is 2.78. The highest BCUT2D eigenvalue weighted by molar-refractivity contribution is 7.99. The fraction of sp³-hybridized carbons (Fsp3) is 0.857. The van der Waals surface area contributed by atoms with Gasteiger partial charge in [-0.1, -0.05) is 0 Å². The summed E-state index contributed by atoms with van der Waals surface area (Å²) in [4.78, 5) is 12.7. The van der Waals surface area contributed by atoms with Gasteiger partial charge in [-0.25, -0.2) is 0 Å². The van der Waals surface area contributed by atoms with Gasteiger partial charge in [-0.3, -0.25) is 9.69 Å². The Morgan fingerprint density at radius 1 is 1.73 bits per heavy atom. The van der Waals surface area contributed by atoms with Crippen LogP contribution in [0, 0.1) is 0 Å². The van der Waals surface area contributed by atoms with Crippen molar-refractivity contribution in [3.05, 3.63) is 0 Å². The zero-order valence-electron chi connectivity index (χ0n) is 6.78. The van der Waals surface area contributed by atoms with Crippen molar-refractivity contribution in [3.8, 4) is 0 Å². The molecule has 0 radical (unpaired) electrons. The van der Waals surface area contributed by atoms with Crippen molar-refractivity contribution in [2.24, 2.45) is 0 Å². The van der Waals surface area contributed by atoms with Gasteiger partial charge in [0.15, 0.2) is 0 Å². The summed E-state index contributed by atoms with van der Waals surface area (Å²) in [5.74, 6) is 0.894. The Balaban J connectivity index is 2.58. The lowest BCUT2D eigenvalue weighted by Gasteiger charge is -2.23. The topological polar surface area (TPSA) is 40.5 Å². The van der Waals surface area contributed by atoms with Gasteiger partial charge in [0.25, 0.3) is 0 Å². The van der Waals surface area contributed by atoms with E-state index in [2.05, 4.69) is 0 Å². The molecular formula is C7H13NO2S. The molecule has 1 atom stereocenters. The predicted molar refractivity (Wildman–Crippen MR) is 45.7 cm³/mol. The first kappa shape index (κ1) is 8.87. The second kappa shape index (κ2) is 3.45. The molecule has 0 bridgehead atoms. The average molecular weight is 175 g/mol. The molecule has 1 fully saturated rings. The van der Waals surface area contributed by atoms with E-state index >= 15 is 0 Å². The summed E-state index contributed by atoms with van der Waals surface area (Å²) in [5, 5.41) is 8.78. The van der Waals surface area contributed by atoms with Crippen LogP contribution in [0.4, 0.5) is 0 Å². The van der Waals surface area contributed by atoms with Crippen molar-refractivity contribution >= 4 is 17.7 Å². The van der Waals surface area contributed by atoms with Crippen LogP contribution in [0.15, 0.2) is 0 Å². The second-order valence-corrected chi connectivity index (χ2v) is 3.96. The molecule has 4 heteroatoms. The van der Waals surface area contributed by atoms with Crippen LogP contribution in [0.3, 0.4) is 0 Å². The number of carbonyl (C=O) groups is 1.